The number of hydrogen-bond acceptors (Lipinski definition) is 9. The summed E-state index contributed by atoms with van der Waals surface area (Å²) >= 11 is 0. The van der Waals surface area contributed by atoms with Gasteiger partial charge in [-0.3, -0.25) is 0 Å². The molecule has 1 radical (unpaired) electrons. The second-order valence-corrected chi connectivity index (χ2v) is 12.4. The standard InChI is InChI=1S/C20H29BNO3.C17H26BNO3.CH4O/c1-5-6-7-8-16-9-11-17(12-10-16)13-14-19(23)18-15-24-20(2,3)22(18)25-21-4;1-3-4-5-6-14-7-9-15(10-8-14)11-12-17(21)16(13-20)19-18(2)22;1-2/h9-12,18-19,23H,5-8,15H2,1-4H3;7-10,16-17,19-22H,3-6,13H2,1-2H3;2H,1H3/t18-,19+;16-,17+;/m11./s1. The Morgan fingerprint density at radius 2 is 1.41 bits per heavy atom. The third-order valence-corrected chi connectivity index (χ3v) is 7.83. The third-order valence-electron chi connectivity index (χ3n) is 7.83. The predicted molar refractivity (Wildman–Crippen MR) is 199 cm³/mol. The Kier molecular flexibility index (Phi) is 22.9. The van der Waals surface area contributed by atoms with Crippen molar-refractivity contribution in [3.63, 3.8) is 0 Å². The second-order valence-electron chi connectivity index (χ2n) is 12.4. The highest BCUT2D eigenvalue weighted by molar-refractivity contribution is 6.45. The maximum Gasteiger partial charge on any atom is 0.374 e. The zero-order valence-corrected chi connectivity index (χ0v) is 30.7. The first-order valence-corrected chi connectivity index (χ1v) is 17.5. The highest BCUT2D eigenvalue weighted by Crippen LogP contribution is 2.28. The first-order valence-electron chi connectivity index (χ1n) is 17.5. The molecule has 49 heavy (non-hydrogen) atoms. The molecule has 269 valence electrons. The van der Waals surface area contributed by atoms with Gasteiger partial charge in [-0.25, -0.2) is 0 Å². The number of hydroxylamine groups is 2. The lowest BCUT2D eigenvalue weighted by molar-refractivity contribution is -0.202. The van der Waals surface area contributed by atoms with Gasteiger partial charge in [0.25, 0.3) is 0 Å². The molecular weight excluding hydrogens is 618 g/mol. The second kappa shape index (κ2) is 25.3. The zero-order valence-electron chi connectivity index (χ0n) is 30.7. The molecule has 2 aromatic rings. The maximum absolute atomic E-state index is 10.4. The summed E-state index contributed by atoms with van der Waals surface area (Å²) in [6.07, 6.45) is 7.69. The van der Waals surface area contributed by atoms with Crippen LogP contribution >= 0.6 is 0 Å². The molecule has 11 heteroatoms. The fourth-order valence-electron chi connectivity index (χ4n) is 5.09. The molecule has 1 aliphatic heterocycles. The van der Waals surface area contributed by atoms with E-state index in [1.165, 1.54) is 56.5 Å². The molecule has 1 fully saturated rings. The van der Waals surface area contributed by atoms with Crippen LogP contribution in [0, 0.1) is 23.7 Å². The summed E-state index contributed by atoms with van der Waals surface area (Å²) in [5.41, 5.74) is 3.78. The smallest absolute Gasteiger partial charge is 0.374 e. The number of nitrogens with zero attached hydrogens (tertiary/aromatic N) is 1. The quantitative estimate of drug-likeness (QED) is 0.0942. The van der Waals surface area contributed by atoms with Gasteiger partial charge in [0, 0.05) is 18.2 Å². The van der Waals surface area contributed by atoms with Crippen LogP contribution in [0.1, 0.15) is 88.5 Å². The van der Waals surface area contributed by atoms with Gasteiger partial charge in [-0.1, -0.05) is 94.3 Å². The van der Waals surface area contributed by atoms with Crippen LogP contribution in [0.15, 0.2) is 48.5 Å². The maximum atomic E-state index is 10.4. The van der Waals surface area contributed by atoms with Crippen molar-refractivity contribution in [2.75, 3.05) is 20.3 Å². The fraction of sp³-hybridized carbons (Fsp3) is 0.579. The van der Waals surface area contributed by atoms with Crippen LogP contribution in [-0.2, 0) is 22.3 Å². The van der Waals surface area contributed by atoms with Crippen LogP contribution in [0.2, 0.25) is 13.6 Å². The third kappa shape index (κ3) is 17.2. The van der Waals surface area contributed by atoms with Crippen LogP contribution in [0.4, 0.5) is 0 Å². The van der Waals surface area contributed by atoms with E-state index in [1.54, 1.807) is 19.4 Å². The molecule has 4 atom stereocenters. The highest BCUT2D eigenvalue weighted by atomic mass is 16.7. The van der Waals surface area contributed by atoms with Crippen molar-refractivity contribution in [2.24, 2.45) is 0 Å². The molecule has 0 aromatic heterocycles. The van der Waals surface area contributed by atoms with Gasteiger partial charge in [0.15, 0.2) is 0 Å². The van der Waals surface area contributed by atoms with Gasteiger partial charge >= 0.3 is 14.5 Å². The number of rotatable bonds is 15. The molecule has 0 unspecified atom stereocenters. The van der Waals surface area contributed by atoms with Crippen LogP contribution in [0.5, 0.6) is 0 Å². The van der Waals surface area contributed by atoms with E-state index in [1.807, 2.05) is 38.1 Å². The van der Waals surface area contributed by atoms with Crippen molar-refractivity contribution in [2.45, 2.75) is 123 Å². The van der Waals surface area contributed by atoms with Gasteiger partial charge in [0.2, 0.25) is 0 Å². The van der Waals surface area contributed by atoms with E-state index in [0.29, 0.717) is 6.61 Å². The average Bonchev–Trinajstić information content (AvgIpc) is 3.41. The first-order chi connectivity index (χ1) is 23.5. The average molecular weight is 678 g/mol. The molecule has 6 N–H and O–H groups in total. The SMILES string of the molecule is CCCCCc1ccc(C#C[C@H](O)[C@@H](CO)NB(C)O)cc1.CO.C[B]ON1[C@@H]([C@@H](O)C#Cc2ccc(CCCCC)cc2)COC1(C)C. The minimum absolute atomic E-state index is 0.295. The van der Waals surface area contributed by atoms with Gasteiger partial charge in [0.1, 0.15) is 17.9 Å². The molecule has 9 nitrogen and oxygen atoms in total. The number of unbranched alkanes of at least 4 members (excludes halogenated alkanes) is 4. The van der Waals surface area contributed by atoms with E-state index < -0.39 is 31.0 Å². The lowest BCUT2D eigenvalue weighted by atomic mass is 9.86. The molecule has 1 aliphatic rings. The number of aliphatic hydroxyl groups excluding tert-OH is 4. The topological polar surface area (TPSA) is 135 Å². The Morgan fingerprint density at radius 3 is 1.84 bits per heavy atom. The number of ether oxygens (including phenoxy) is 1. The van der Waals surface area contributed by atoms with Crippen LogP contribution in [0.25, 0.3) is 0 Å². The summed E-state index contributed by atoms with van der Waals surface area (Å²) in [5, 5.41) is 50.1. The van der Waals surface area contributed by atoms with Gasteiger partial charge in [-0.15, -0.1) is 0 Å². The minimum atomic E-state index is -1.04. The number of aryl methyl sites for hydroxylation is 2. The molecule has 2 aromatic carbocycles. The summed E-state index contributed by atoms with van der Waals surface area (Å²) in [7, 11) is 1.77. The van der Waals surface area contributed by atoms with Crippen molar-refractivity contribution in [1.29, 1.82) is 0 Å². The molecule has 0 bridgehead atoms. The molecule has 1 heterocycles. The Hall–Kier alpha value is -2.67. The lowest BCUT2D eigenvalue weighted by Crippen LogP contribution is -2.48. The van der Waals surface area contributed by atoms with E-state index in [0.717, 1.165) is 31.1 Å². The van der Waals surface area contributed by atoms with Crippen LogP contribution in [-0.4, -0.2) is 95.4 Å². The predicted octanol–water partition coefficient (Wildman–Crippen LogP) is 3.97. The van der Waals surface area contributed by atoms with Crippen molar-refractivity contribution in [3.05, 3.63) is 70.8 Å². The van der Waals surface area contributed by atoms with Gasteiger partial charge in [-0.2, -0.15) is 5.06 Å². The summed E-state index contributed by atoms with van der Waals surface area (Å²) < 4.78 is 11.2. The van der Waals surface area contributed by atoms with E-state index in [9.17, 15) is 20.3 Å². The molecule has 3 rings (SSSR count). The van der Waals surface area contributed by atoms with Crippen molar-refractivity contribution >= 4 is 14.5 Å². The van der Waals surface area contributed by atoms with E-state index in [2.05, 4.69) is 67.0 Å². The molecule has 0 aliphatic carbocycles. The minimum Gasteiger partial charge on any atom is -0.437 e. The van der Waals surface area contributed by atoms with Gasteiger partial charge < -0.3 is 40.2 Å². The van der Waals surface area contributed by atoms with Gasteiger partial charge in [0.05, 0.1) is 25.3 Å². The van der Waals surface area contributed by atoms with Gasteiger partial charge in [-0.05, 0) is 81.7 Å². The Bertz CT molecular complexity index is 1270. The Balaban J connectivity index is 0.000000470. The van der Waals surface area contributed by atoms with Crippen LogP contribution < -0.4 is 5.23 Å². The first kappa shape index (κ1) is 44.4. The number of aliphatic hydroxyl groups is 4. The van der Waals surface area contributed by atoms with E-state index in [-0.39, 0.29) is 12.6 Å². The van der Waals surface area contributed by atoms with Crippen molar-refractivity contribution in [1.82, 2.24) is 10.3 Å². The number of benzene rings is 2. The number of hydrogen-bond donors (Lipinski definition) is 6. The van der Waals surface area contributed by atoms with Crippen molar-refractivity contribution < 1.29 is 34.9 Å². The normalized spacial score (nSPS) is 16.6. The monoisotopic (exact) mass is 677 g/mol. The molecule has 0 saturated carbocycles. The molecule has 1 saturated heterocycles. The van der Waals surface area contributed by atoms with Crippen LogP contribution in [0.3, 0.4) is 0 Å². The van der Waals surface area contributed by atoms with Crippen molar-refractivity contribution in [3.8, 4) is 23.7 Å². The zero-order chi connectivity index (χ0) is 36.7. The molecule has 0 spiro atoms. The lowest BCUT2D eigenvalue weighted by Gasteiger charge is -2.33. The highest BCUT2D eigenvalue weighted by Gasteiger charge is 2.44. The summed E-state index contributed by atoms with van der Waals surface area (Å²) in [6.45, 7) is 11.6. The summed E-state index contributed by atoms with van der Waals surface area (Å²) in [6, 6.07) is 15.3. The summed E-state index contributed by atoms with van der Waals surface area (Å²) in [5.74, 6) is 11.6. The fourth-order valence-corrected chi connectivity index (χ4v) is 5.09. The largest absolute Gasteiger partial charge is 0.437 e. The van der Waals surface area contributed by atoms with E-state index in [4.69, 9.17) is 14.6 Å². The number of nitrogens with one attached hydrogen (secondary N) is 1. The Morgan fingerprint density at radius 1 is 0.918 bits per heavy atom. The molecular formula is C38H59B2N2O7. The summed E-state index contributed by atoms with van der Waals surface area (Å²) in [4.78, 5) is 0. The van der Waals surface area contributed by atoms with E-state index >= 15 is 0 Å². The molecule has 0 amide bonds. The Labute approximate surface area is 296 Å².